The number of rotatable bonds is 4. The minimum atomic E-state index is -0.869. The predicted molar refractivity (Wildman–Crippen MR) is 56.2 cm³/mol. The Kier molecular flexibility index (Phi) is 3.67. The zero-order valence-electron chi connectivity index (χ0n) is 9.09. The molecule has 0 spiro atoms. The molecule has 15 heavy (non-hydrogen) atoms. The van der Waals surface area contributed by atoms with Crippen LogP contribution in [0.4, 0.5) is 0 Å². The molecule has 4 atom stereocenters. The molecule has 0 saturated carbocycles. The smallest absolute Gasteiger partial charge is 0.164 e. The number of ether oxygens (including phenoxy) is 2. The first-order chi connectivity index (χ1) is 6.91. The molecule has 0 radical (unpaired) electrons. The van der Waals surface area contributed by atoms with Crippen molar-refractivity contribution in [1.82, 2.24) is 0 Å². The highest BCUT2D eigenvalue weighted by molar-refractivity contribution is 5.00. The lowest BCUT2D eigenvalue weighted by Crippen LogP contribution is -2.40. The van der Waals surface area contributed by atoms with Crippen molar-refractivity contribution in [1.29, 1.82) is 0 Å². The molecular formula is C11H18O4. The van der Waals surface area contributed by atoms with Crippen LogP contribution in [0.2, 0.25) is 0 Å². The fraction of sp³-hybridized carbons (Fsp3) is 0.636. The van der Waals surface area contributed by atoms with Gasteiger partial charge in [-0.25, -0.2) is 0 Å². The van der Waals surface area contributed by atoms with E-state index in [1.165, 1.54) is 12.2 Å². The molecule has 1 aliphatic rings. The van der Waals surface area contributed by atoms with Gasteiger partial charge in [-0.15, -0.1) is 13.2 Å². The summed E-state index contributed by atoms with van der Waals surface area (Å²) in [5.41, 5.74) is 0. The lowest BCUT2D eigenvalue weighted by atomic mass is 10.0. The zero-order valence-corrected chi connectivity index (χ0v) is 9.09. The third-order valence-corrected chi connectivity index (χ3v) is 2.32. The van der Waals surface area contributed by atoms with Crippen LogP contribution in [0.25, 0.3) is 0 Å². The Labute approximate surface area is 89.8 Å². The van der Waals surface area contributed by atoms with E-state index in [2.05, 4.69) is 13.2 Å². The summed E-state index contributed by atoms with van der Waals surface area (Å²) in [6.45, 7) is 10.4. The minimum Gasteiger partial charge on any atom is -0.386 e. The molecular weight excluding hydrogens is 196 g/mol. The van der Waals surface area contributed by atoms with E-state index in [9.17, 15) is 10.2 Å². The van der Waals surface area contributed by atoms with Crippen molar-refractivity contribution in [3.8, 4) is 0 Å². The zero-order chi connectivity index (χ0) is 11.6. The normalized spacial score (nSPS) is 33.3. The number of hydrogen-bond acceptors (Lipinski definition) is 4. The van der Waals surface area contributed by atoms with Crippen LogP contribution in [0, 0.1) is 0 Å². The quantitative estimate of drug-likeness (QED) is 0.673. The van der Waals surface area contributed by atoms with E-state index in [4.69, 9.17) is 9.47 Å². The second-order valence-corrected chi connectivity index (χ2v) is 4.02. The predicted octanol–water partition coefficient (Wildman–Crippen LogP) is 0.600. The van der Waals surface area contributed by atoms with Gasteiger partial charge in [-0.3, -0.25) is 0 Å². The van der Waals surface area contributed by atoms with Crippen molar-refractivity contribution >= 4 is 0 Å². The van der Waals surface area contributed by atoms with E-state index >= 15 is 0 Å². The van der Waals surface area contributed by atoms with E-state index in [0.717, 1.165) is 0 Å². The van der Waals surface area contributed by atoms with Crippen molar-refractivity contribution in [3.05, 3.63) is 25.3 Å². The Morgan fingerprint density at radius 2 is 1.40 bits per heavy atom. The lowest BCUT2D eigenvalue weighted by molar-refractivity contribution is -0.157. The van der Waals surface area contributed by atoms with Crippen LogP contribution in [0.15, 0.2) is 25.3 Å². The van der Waals surface area contributed by atoms with Crippen LogP contribution < -0.4 is 0 Å². The fourth-order valence-corrected chi connectivity index (χ4v) is 1.61. The average Bonchev–Trinajstić information content (AvgIpc) is 2.52. The standard InChI is InChI=1S/C11H18O4/c1-5-7(12)9-10(8(13)6-2)15-11(3,4)14-9/h5-10,12-13H,1-2H2,3-4H3/t7?,8?,9-,10-/m0/s1. The van der Waals surface area contributed by atoms with Gasteiger partial charge in [0.1, 0.15) is 24.4 Å². The van der Waals surface area contributed by atoms with Gasteiger partial charge in [0, 0.05) is 0 Å². The van der Waals surface area contributed by atoms with Gasteiger partial charge in [0.15, 0.2) is 5.79 Å². The van der Waals surface area contributed by atoms with Gasteiger partial charge >= 0.3 is 0 Å². The molecule has 1 saturated heterocycles. The molecule has 0 aromatic carbocycles. The van der Waals surface area contributed by atoms with E-state index in [0.29, 0.717) is 0 Å². The van der Waals surface area contributed by atoms with Crippen LogP contribution in [-0.4, -0.2) is 40.4 Å². The summed E-state index contributed by atoms with van der Waals surface area (Å²) in [7, 11) is 0. The number of aliphatic hydroxyl groups is 2. The minimum absolute atomic E-state index is 0.620. The maximum atomic E-state index is 9.64. The molecule has 2 unspecified atom stereocenters. The molecule has 0 amide bonds. The first-order valence-corrected chi connectivity index (χ1v) is 4.88. The number of hydrogen-bond donors (Lipinski definition) is 2. The van der Waals surface area contributed by atoms with Crippen molar-refractivity contribution in [2.24, 2.45) is 0 Å². The van der Waals surface area contributed by atoms with Crippen LogP contribution in [0.5, 0.6) is 0 Å². The maximum Gasteiger partial charge on any atom is 0.164 e. The van der Waals surface area contributed by atoms with Crippen molar-refractivity contribution in [2.45, 2.75) is 44.1 Å². The van der Waals surface area contributed by atoms with Crippen molar-refractivity contribution in [3.63, 3.8) is 0 Å². The molecule has 0 aliphatic carbocycles. The van der Waals surface area contributed by atoms with Crippen molar-refractivity contribution < 1.29 is 19.7 Å². The van der Waals surface area contributed by atoms with E-state index in [1.54, 1.807) is 13.8 Å². The van der Waals surface area contributed by atoms with E-state index < -0.39 is 30.2 Å². The molecule has 1 rings (SSSR count). The third-order valence-electron chi connectivity index (χ3n) is 2.32. The first-order valence-electron chi connectivity index (χ1n) is 4.88. The molecule has 4 heteroatoms. The molecule has 1 fully saturated rings. The highest BCUT2D eigenvalue weighted by Gasteiger charge is 2.46. The summed E-state index contributed by atoms with van der Waals surface area (Å²) in [5.74, 6) is -0.816. The van der Waals surface area contributed by atoms with Gasteiger partial charge in [0.05, 0.1) is 0 Å². The SMILES string of the molecule is C=CC(O)[C@@H]1OC(C)(C)O[C@H]1C(O)C=C. The molecule has 4 nitrogen and oxygen atoms in total. The van der Waals surface area contributed by atoms with E-state index in [1.807, 2.05) is 0 Å². The lowest BCUT2D eigenvalue weighted by Gasteiger charge is -2.21. The first kappa shape index (κ1) is 12.4. The van der Waals surface area contributed by atoms with Gasteiger partial charge in [0.25, 0.3) is 0 Å². The molecule has 0 aromatic rings. The van der Waals surface area contributed by atoms with Gasteiger partial charge in [-0.2, -0.15) is 0 Å². The van der Waals surface area contributed by atoms with Crippen LogP contribution in [0.3, 0.4) is 0 Å². The molecule has 86 valence electrons. The molecule has 2 N–H and O–H groups in total. The number of aliphatic hydroxyl groups excluding tert-OH is 2. The second kappa shape index (κ2) is 4.45. The largest absolute Gasteiger partial charge is 0.386 e. The second-order valence-electron chi connectivity index (χ2n) is 4.02. The topological polar surface area (TPSA) is 58.9 Å². The van der Waals surface area contributed by atoms with E-state index in [-0.39, 0.29) is 0 Å². The highest BCUT2D eigenvalue weighted by Crippen LogP contribution is 2.32. The Bertz CT molecular complexity index is 225. The third kappa shape index (κ3) is 2.66. The fourth-order valence-electron chi connectivity index (χ4n) is 1.61. The van der Waals surface area contributed by atoms with Crippen LogP contribution in [0.1, 0.15) is 13.8 Å². The summed E-state index contributed by atoms with van der Waals surface area (Å²) in [6.07, 6.45) is -0.259. The highest BCUT2D eigenvalue weighted by atomic mass is 16.8. The van der Waals surface area contributed by atoms with Crippen molar-refractivity contribution in [2.75, 3.05) is 0 Å². The molecule has 0 bridgehead atoms. The molecule has 1 heterocycles. The molecule has 0 aromatic heterocycles. The Morgan fingerprint density at radius 3 is 1.67 bits per heavy atom. The van der Waals surface area contributed by atoms with Gasteiger partial charge in [0.2, 0.25) is 0 Å². The Hall–Kier alpha value is -0.680. The van der Waals surface area contributed by atoms with Gasteiger partial charge < -0.3 is 19.7 Å². The van der Waals surface area contributed by atoms with Gasteiger partial charge in [-0.1, -0.05) is 12.2 Å². The molecule has 1 aliphatic heterocycles. The summed E-state index contributed by atoms with van der Waals surface area (Å²) in [5, 5.41) is 19.3. The summed E-state index contributed by atoms with van der Waals surface area (Å²) in [4.78, 5) is 0. The summed E-state index contributed by atoms with van der Waals surface area (Å²) in [6, 6.07) is 0. The van der Waals surface area contributed by atoms with Gasteiger partial charge in [-0.05, 0) is 13.8 Å². The maximum absolute atomic E-state index is 9.64. The Morgan fingerprint density at radius 1 is 1.07 bits per heavy atom. The summed E-state index contributed by atoms with van der Waals surface area (Å²) < 4.78 is 11.0. The Balaban J connectivity index is 2.83. The average molecular weight is 214 g/mol. The monoisotopic (exact) mass is 214 g/mol. The van der Waals surface area contributed by atoms with Crippen LogP contribution >= 0.6 is 0 Å². The van der Waals surface area contributed by atoms with Crippen LogP contribution in [-0.2, 0) is 9.47 Å². The summed E-state index contributed by atoms with van der Waals surface area (Å²) >= 11 is 0.